The van der Waals surface area contributed by atoms with Crippen LogP contribution in [-0.4, -0.2) is 74.0 Å². The van der Waals surface area contributed by atoms with Gasteiger partial charge in [-0.15, -0.1) is 0 Å². The fraction of sp³-hybridized carbons (Fsp3) is 0.579. The van der Waals surface area contributed by atoms with E-state index in [4.69, 9.17) is 11.6 Å². The van der Waals surface area contributed by atoms with Gasteiger partial charge in [0, 0.05) is 57.8 Å². The van der Waals surface area contributed by atoms with Crippen LogP contribution >= 0.6 is 11.6 Å². The number of halogens is 1. The predicted molar refractivity (Wildman–Crippen MR) is 108 cm³/mol. The number of hydrogen-bond donors (Lipinski definition) is 2. The van der Waals surface area contributed by atoms with E-state index in [0.717, 1.165) is 75.3 Å². The number of aliphatic imine (C=N–C) groups is 1. The number of carbonyl (C=O) groups excluding carboxylic acids is 1. The highest BCUT2D eigenvalue weighted by Gasteiger charge is 2.17. The first-order valence-corrected chi connectivity index (χ1v) is 9.71. The van der Waals surface area contributed by atoms with Crippen molar-refractivity contribution in [2.24, 2.45) is 4.99 Å². The largest absolute Gasteiger partial charge is 0.357 e. The van der Waals surface area contributed by atoms with Crippen LogP contribution in [0.15, 0.2) is 29.3 Å². The topological polar surface area (TPSA) is 60.0 Å². The number of amides is 1. The number of nitrogens with one attached hydrogen (secondary N) is 2. The van der Waals surface area contributed by atoms with Crippen LogP contribution in [-0.2, 0) is 11.2 Å². The van der Waals surface area contributed by atoms with Crippen LogP contribution in [0, 0.1) is 0 Å². The Morgan fingerprint density at radius 3 is 2.58 bits per heavy atom. The fourth-order valence-electron chi connectivity index (χ4n) is 2.95. The van der Waals surface area contributed by atoms with Crippen molar-refractivity contribution in [1.29, 1.82) is 0 Å². The van der Waals surface area contributed by atoms with Gasteiger partial charge < -0.3 is 15.5 Å². The highest BCUT2D eigenvalue weighted by Crippen LogP contribution is 2.14. The number of nitrogens with zero attached hydrogens (tertiary/aromatic N) is 3. The van der Waals surface area contributed by atoms with Crippen LogP contribution in [0.2, 0.25) is 5.02 Å². The van der Waals surface area contributed by atoms with Crippen molar-refractivity contribution in [2.45, 2.75) is 20.3 Å². The molecule has 0 aliphatic carbocycles. The van der Waals surface area contributed by atoms with E-state index < -0.39 is 0 Å². The molecule has 2 N–H and O–H groups in total. The van der Waals surface area contributed by atoms with Gasteiger partial charge in [0.05, 0.1) is 6.54 Å². The smallest absolute Gasteiger partial charge is 0.219 e. The summed E-state index contributed by atoms with van der Waals surface area (Å²) in [6, 6.07) is 7.92. The van der Waals surface area contributed by atoms with Crippen molar-refractivity contribution >= 4 is 23.5 Å². The van der Waals surface area contributed by atoms with Crippen molar-refractivity contribution in [2.75, 3.05) is 52.4 Å². The van der Waals surface area contributed by atoms with Gasteiger partial charge in [0.15, 0.2) is 5.96 Å². The number of hydrogen-bond acceptors (Lipinski definition) is 3. The maximum Gasteiger partial charge on any atom is 0.219 e. The third-order valence-electron chi connectivity index (χ3n) is 4.49. The Hall–Kier alpha value is -1.79. The Kier molecular flexibility index (Phi) is 8.71. The van der Waals surface area contributed by atoms with Crippen LogP contribution < -0.4 is 10.6 Å². The minimum atomic E-state index is 0.167. The molecule has 1 aliphatic heterocycles. The van der Waals surface area contributed by atoms with Crippen molar-refractivity contribution in [3.05, 3.63) is 34.9 Å². The molecule has 1 aromatic rings. The Labute approximate surface area is 161 Å². The van der Waals surface area contributed by atoms with E-state index in [-0.39, 0.29) is 5.91 Å². The Morgan fingerprint density at radius 2 is 1.92 bits per heavy atom. The minimum absolute atomic E-state index is 0.167. The normalized spacial score (nSPS) is 15.8. The van der Waals surface area contributed by atoms with Crippen molar-refractivity contribution in [1.82, 2.24) is 20.4 Å². The van der Waals surface area contributed by atoms with E-state index in [1.165, 1.54) is 0 Å². The molecule has 1 amide bonds. The molecule has 1 aliphatic rings. The van der Waals surface area contributed by atoms with Gasteiger partial charge in [0.2, 0.25) is 5.91 Å². The lowest BCUT2D eigenvalue weighted by Gasteiger charge is -2.33. The molecule has 0 spiro atoms. The van der Waals surface area contributed by atoms with Gasteiger partial charge in [-0.2, -0.15) is 0 Å². The molecule has 6 nitrogen and oxygen atoms in total. The van der Waals surface area contributed by atoms with Crippen molar-refractivity contribution in [3.8, 4) is 0 Å². The lowest BCUT2D eigenvalue weighted by molar-refractivity contribution is -0.130. The third kappa shape index (κ3) is 6.84. The molecule has 0 aromatic heterocycles. The predicted octanol–water partition coefficient (Wildman–Crippen LogP) is 1.60. The molecular formula is C19H30ClN5O. The lowest BCUT2D eigenvalue weighted by Crippen LogP contribution is -2.48. The summed E-state index contributed by atoms with van der Waals surface area (Å²) >= 11 is 6.20. The van der Waals surface area contributed by atoms with Crippen molar-refractivity contribution in [3.63, 3.8) is 0 Å². The molecule has 0 atom stereocenters. The zero-order valence-electron chi connectivity index (χ0n) is 15.8. The second-order valence-corrected chi connectivity index (χ2v) is 6.78. The number of piperazine rings is 1. The third-order valence-corrected chi connectivity index (χ3v) is 4.86. The van der Waals surface area contributed by atoms with Gasteiger partial charge in [0.25, 0.3) is 0 Å². The molecular weight excluding hydrogens is 350 g/mol. The molecule has 144 valence electrons. The molecule has 1 aromatic carbocycles. The van der Waals surface area contributed by atoms with E-state index in [1.807, 2.05) is 23.1 Å². The molecule has 1 heterocycles. The summed E-state index contributed by atoms with van der Waals surface area (Å²) in [6.45, 7) is 10.4. The van der Waals surface area contributed by atoms with Gasteiger partial charge in [-0.05, 0) is 25.0 Å². The highest BCUT2D eigenvalue weighted by molar-refractivity contribution is 6.31. The quantitative estimate of drug-likeness (QED) is 0.558. The molecule has 0 unspecified atom stereocenters. The molecule has 0 bridgehead atoms. The van der Waals surface area contributed by atoms with E-state index in [9.17, 15) is 4.79 Å². The zero-order valence-corrected chi connectivity index (χ0v) is 16.6. The summed E-state index contributed by atoms with van der Waals surface area (Å²) in [5.74, 6) is 1.00. The van der Waals surface area contributed by atoms with Crippen LogP contribution in [0.3, 0.4) is 0 Å². The second-order valence-electron chi connectivity index (χ2n) is 6.38. The number of carbonyl (C=O) groups is 1. The summed E-state index contributed by atoms with van der Waals surface area (Å²) < 4.78 is 0. The zero-order chi connectivity index (χ0) is 18.8. The summed E-state index contributed by atoms with van der Waals surface area (Å²) in [7, 11) is 0. The second kappa shape index (κ2) is 11.0. The van der Waals surface area contributed by atoms with E-state index in [1.54, 1.807) is 6.92 Å². The summed E-state index contributed by atoms with van der Waals surface area (Å²) in [5, 5.41) is 7.45. The lowest BCUT2D eigenvalue weighted by atomic mass is 10.1. The highest BCUT2D eigenvalue weighted by atomic mass is 35.5. The Bertz CT molecular complexity index is 599. The first-order valence-electron chi connectivity index (χ1n) is 9.33. The van der Waals surface area contributed by atoms with Crippen LogP contribution in [0.4, 0.5) is 0 Å². The monoisotopic (exact) mass is 379 g/mol. The average molecular weight is 380 g/mol. The van der Waals surface area contributed by atoms with Gasteiger partial charge in [-0.25, -0.2) is 0 Å². The van der Waals surface area contributed by atoms with Crippen LogP contribution in [0.5, 0.6) is 0 Å². The molecule has 26 heavy (non-hydrogen) atoms. The molecule has 0 saturated carbocycles. The van der Waals surface area contributed by atoms with Crippen LogP contribution in [0.1, 0.15) is 19.4 Å². The van der Waals surface area contributed by atoms with Crippen molar-refractivity contribution < 1.29 is 4.79 Å². The van der Waals surface area contributed by atoms with Gasteiger partial charge in [0.1, 0.15) is 0 Å². The maximum absolute atomic E-state index is 11.4. The van der Waals surface area contributed by atoms with Crippen LogP contribution in [0.25, 0.3) is 0 Å². The summed E-state index contributed by atoms with van der Waals surface area (Å²) in [6.07, 6.45) is 0.858. The van der Waals surface area contributed by atoms with Gasteiger partial charge >= 0.3 is 0 Å². The number of rotatable bonds is 7. The summed E-state index contributed by atoms with van der Waals surface area (Å²) in [5.41, 5.74) is 1.14. The molecule has 1 saturated heterocycles. The fourth-order valence-corrected chi connectivity index (χ4v) is 3.18. The minimum Gasteiger partial charge on any atom is -0.357 e. The molecule has 7 heteroatoms. The Morgan fingerprint density at radius 1 is 1.19 bits per heavy atom. The SMILES string of the molecule is CCNC(=NCCN1CCN(C(C)=O)CC1)NCCc1ccccc1Cl. The molecule has 2 rings (SSSR count). The van der Waals surface area contributed by atoms with Gasteiger partial charge in [-0.1, -0.05) is 29.8 Å². The molecule has 1 fully saturated rings. The van der Waals surface area contributed by atoms with E-state index in [0.29, 0.717) is 0 Å². The first kappa shape index (κ1) is 20.5. The number of benzene rings is 1. The standard InChI is InChI=1S/C19H30ClN5O/c1-3-21-19(22-9-8-17-6-4-5-7-18(17)20)23-10-11-24-12-14-25(15-13-24)16(2)26/h4-7H,3,8-15H2,1-2H3,(H2,21,22,23). The number of guanidine groups is 1. The first-order chi connectivity index (χ1) is 12.6. The summed E-state index contributed by atoms with van der Waals surface area (Å²) in [4.78, 5) is 20.3. The Balaban J connectivity index is 1.72. The van der Waals surface area contributed by atoms with E-state index in [2.05, 4.69) is 33.5 Å². The van der Waals surface area contributed by atoms with Gasteiger partial charge in [-0.3, -0.25) is 14.7 Å². The van der Waals surface area contributed by atoms with E-state index >= 15 is 0 Å². The maximum atomic E-state index is 11.4. The average Bonchev–Trinajstić information content (AvgIpc) is 2.63. The molecule has 0 radical (unpaired) electrons.